The summed E-state index contributed by atoms with van der Waals surface area (Å²) in [6, 6.07) is 5.00. The number of hydrogen-bond donors (Lipinski definition) is 1. The van der Waals surface area contributed by atoms with Crippen molar-refractivity contribution in [3.05, 3.63) is 20.8 Å². The van der Waals surface area contributed by atoms with Crippen LogP contribution in [-0.4, -0.2) is 30.1 Å². The highest BCUT2D eigenvalue weighted by molar-refractivity contribution is 9.11. The lowest BCUT2D eigenvalue weighted by molar-refractivity contribution is 0.242. The van der Waals surface area contributed by atoms with Crippen molar-refractivity contribution in [2.45, 2.75) is 38.4 Å². The summed E-state index contributed by atoms with van der Waals surface area (Å²) in [5, 5.41) is 3.57. The van der Waals surface area contributed by atoms with Crippen LogP contribution < -0.4 is 5.32 Å². The lowest BCUT2D eigenvalue weighted by Crippen LogP contribution is -2.32. The summed E-state index contributed by atoms with van der Waals surface area (Å²) in [5.41, 5.74) is 0.301. The van der Waals surface area contributed by atoms with Crippen molar-refractivity contribution < 1.29 is 0 Å². The van der Waals surface area contributed by atoms with E-state index < -0.39 is 0 Å². The molecule has 1 aliphatic rings. The normalized spacial score (nSPS) is 24.2. The Kier molecular flexibility index (Phi) is 3.74. The Morgan fingerprint density at radius 2 is 2.31 bits per heavy atom. The average Bonchev–Trinajstić information content (AvgIpc) is 2.72. The number of rotatable bonds is 3. The summed E-state index contributed by atoms with van der Waals surface area (Å²) in [4.78, 5) is 3.89. The summed E-state index contributed by atoms with van der Waals surface area (Å²) in [6.07, 6.45) is 1.23. The SMILES string of the molecule is CN(Cc1ccc(Br)s1)C1CNC(C)(C)C1. The minimum Gasteiger partial charge on any atom is -0.310 e. The second-order valence-corrected chi connectivity index (χ2v) is 7.79. The number of likely N-dealkylation sites (N-methyl/N-ethyl adjacent to an activating group) is 1. The Hall–Kier alpha value is 0.1000. The maximum Gasteiger partial charge on any atom is 0.0701 e. The van der Waals surface area contributed by atoms with E-state index in [1.165, 1.54) is 15.1 Å². The number of hydrogen-bond acceptors (Lipinski definition) is 3. The molecule has 2 rings (SSSR count). The van der Waals surface area contributed by atoms with E-state index in [4.69, 9.17) is 0 Å². The van der Waals surface area contributed by atoms with Crippen molar-refractivity contribution in [3.63, 3.8) is 0 Å². The molecule has 1 unspecified atom stereocenters. The first-order chi connectivity index (χ1) is 7.46. The monoisotopic (exact) mass is 302 g/mol. The van der Waals surface area contributed by atoms with E-state index in [1.54, 1.807) is 0 Å². The molecule has 1 aromatic heterocycles. The lowest BCUT2D eigenvalue weighted by atomic mass is 10.0. The van der Waals surface area contributed by atoms with Gasteiger partial charge in [0, 0.05) is 29.5 Å². The smallest absolute Gasteiger partial charge is 0.0701 e. The minimum absolute atomic E-state index is 0.301. The fourth-order valence-corrected chi connectivity index (χ4v) is 3.80. The van der Waals surface area contributed by atoms with Gasteiger partial charge in [-0.25, -0.2) is 0 Å². The molecule has 0 aromatic carbocycles. The Labute approximate surface area is 110 Å². The van der Waals surface area contributed by atoms with E-state index in [0.717, 1.165) is 13.1 Å². The van der Waals surface area contributed by atoms with Gasteiger partial charge >= 0.3 is 0 Å². The molecule has 0 saturated carbocycles. The number of nitrogens with one attached hydrogen (secondary N) is 1. The quantitative estimate of drug-likeness (QED) is 0.923. The van der Waals surface area contributed by atoms with Crippen molar-refractivity contribution in [3.8, 4) is 0 Å². The van der Waals surface area contributed by atoms with Gasteiger partial charge in [0.15, 0.2) is 0 Å². The second-order valence-electron chi connectivity index (χ2n) is 5.24. The topological polar surface area (TPSA) is 15.3 Å². The fraction of sp³-hybridized carbons (Fsp3) is 0.667. The zero-order valence-electron chi connectivity index (χ0n) is 10.1. The van der Waals surface area contributed by atoms with Crippen LogP contribution in [0.25, 0.3) is 0 Å². The third-order valence-electron chi connectivity index (χ3n) is 3.22. The van der Waals surface area contributed by atoms with Gasteiger partial charge in [-0.3, -0.25) is 4.90 Å². The first-order valence-corrected chi connectivity index (χ1v) is 7.27. The molecule has 0 spiro atoms. The average molecular weight is 303 g/mol. The molecule has 1 fully saturated rings. The van der Waals surface area contributed by atoms with Crippen LogP contribution in [0.15, 0.2) is 15.9 Å². The molecule has 1 atom stereocenters. The van der Waals surface area contributed by atoms with Gasteiger partial charge in [0.25, 0.3) is 0 Å². The molecule has 0 aliphatic carbocycles. The van der Waals surface area contributed by atoms with Crippen molar-refractivity contribution >= 4 is 27.3 Å². The highest BCUT2D eigenvalue weighted by atomic mass is 79.9. The summed E-state index contributed by atoms with van der Waals surface area (Å²) < 4.78 is 1.22. The van der Waals surface area contributed by atoms with Gasteiger partial charge in [-0.2, -0.15) is 0 Å². The van der Waals surface area contributed by atoms with E-state index in [9.17, 15) is 0 Å². The molecule has 2 nitrogen and oxygen atoms in total. The maximum absolute atomic E-state index is 3.57. The molecule has 1 N–H and O–H groups in total. The largest absolute Gasteiger partial charge is 0.310 e. The molecule has 0 bridgehead atoms. The summed E-state index contributed by atoms with van der Waals surface area (Å²) >= 11 is 5.34. The van der Waals surface area contributed by atoms with Crippen molar-refractivity contribution in [2.24, 2.45) is 0 Å². The van der Waals surface area contributed by atoms with Crippen LogP contribution in [0.2, 0.25) is 0 Å². The zero-order chi connectivity index (χ0) is 11.8. The Balaban J connectivity index is 1.91. The van der Waals surface area contributed by atoms with E-state index in [1.807, 2.05) is 11.3 Å². The van der Waals surface area contributed by atoms with Gasteiger partial charge < -0.3 is 5.32 Å². The third-order valence-corrected chi connectivity index (χ3v) is 4.83. The highest BCUT2D eigenvalue weighted by Gasteiger charge is 2.32. The maximum atomic E-state index is 3.57. The molecule has 4 heteroatoms. The van der Waals surface area contributed by atoms with E-state index in [-0.39, 0.29) is 0 Å². The molecule has 16 heavy (non-hydrogen) atoms. The van der Waals surface area contributed by atoms with Crippen LogP contribution in [0.3, 0.4) is 0 Å². The molecule has 90 valence electrons. The van der Waals surface area contributed by atoms with Crippen LogP contribution in [0.1, 0.15) is 25.1 Å². The second kappa shape index (κ2) is 4.77. The van der Waals surface area contributed by atoms with Gasteiger partial charge in [-0.15, -0.1) is 11.3 Å². The van der Waals surface area contributed by atoms with Crippen LogP contribution in [0.4, 0.5) is 0 Å². The Morgan fingerprint density at radius 3 is 2.81 bits per heavy atom. The first kappa shape index (κ1) is 12.6. The lowest BCUT2D eigenvalue weighted by Gasteiger charge is -2.24. The summed E-state index contributed by atoms with van der Waals surface area (Å²) in [7, 11) is 2.22. The van der Waals surface area contributed by atoms with Gasteiger partial charge in [0.05, 0.1) is 3.79 Å². The number of halogens is 1. The number of nitrogens with zero attached hydrogens (tertiary/aromatic N) is 1. The predicted molar refractivity (Wildman–Crippen MR) is 74.0 cm³/mol. The van der Waals surface area contributed by atoms with Gasteiger partial charge in [0.1, 0.15) is 0 Å². The zero-order valence-corrected chi connectivity index (χ0v) is 12.5. The number of thiophene rings is 1. The molecule has 1 aromatic rings. The van der Waals surface area contributed by atoms with Gasteiger partial charge in [-0.1, -0.05) is 0 Å². The van der Waals surface area contributed by atoms with Crippen molar-refractivity contribution in [1.82, 2.24) is 10.2 Å². The highest BCUT2D eigenvalue weighted by Crippen LogP contribution is 2.26. The van der Waals surface area contributed by atoms with Crippen molar-refractivity contribution in [1.29, 1.82) is 0 Å². The predicted octanol–water partition coefficient (Wildman–Crippen LogP) is 3.08. The standard InChI is InChI=1S/C12H19BrN2S/c1-12(2)6-9(7-14-12)15(3)8-10-4-5-11(13)16-10/h4-5,9,14H,6-8H2,1-3H3. The summed E-state index contributed by atoms with van der Waals surface area (Å²) in [5.74, 6) is 0. The van der Waals surface area contributed by atoms with E-state index in [2.05, 4.69) is 59.2 Å². The third kappa shape index (κ3) is 3.06. The van der Waals surface area contributed by atoms with Crippen LogP contribution in [0.5, 0.6) is 0 Å². The van der Waals surface area contributed by atoms with Crippen LogP contribution >= 0.6 is 27.3 Å². The molecule has 2 heterocycles. The van der Waals surface area contributed by atoms with Crippen molar-refractivity contribution in [2.75, 3.05) is 13.6 Å². The van der Waals surface area contributed by atoms with Gasteiger partial charge in [-0.05, 0) is 55.4 Å². The molecule has 0 radical (unpaired) electrons. The van der Waals surface area contributed by atoms with Crippen LogP contribution in [0, 0.1) is 0 Å². The molecule has 0 amide bonds. The van der Waals surface area contributed by atoms with E-state index >= 15 is 0 Å². The molecule has 1 saturated heterocycles. The summed E-state index contributed by atoms with van der Waals surface area (Å²) in [6.45, 7) is 6.72. The molecular weight excluding hydrogens is 284 g/mol. The van der Waals surface area contributed by atoms with Gasteiger partial charge in [0.2, 0.25) is 0 Å². The Bertz CT molecular complexity index is 362. The first-order valence-electron chi connectivity index (χ1n) is 5.66. The molecular formula is C12H19BrN2S. The Morgan fingerprint density at radius 1 is 1.56 bits per heavy atom. The minimum atomic E-state index is 0.301. The fourth-order valence-electron chi connectivity index (χ4n) is 2.25. The van der Waals surface area contributed by atoms with E-state index in [0.29, 0.717) is 11.6 Å². The van der Waals surface area contributed by atoms with Crippen LogP contribution in [-0.2, 0) is 6.54 Å². The molecule has 1 aliphatic heterocycles.